The van der Waals surface area contributed by atoms with Crippen molar-refractivity contribution in [3.63, 3.8) is 0 Å². The molecule has 1 aliphatic heterocycles. The summed E-state index contributed by atoms with van der Waals surface area (Å²) in [6, 6.07) is 4.82. The first-order valence-electron chi connectivity index (χ1n) is 9.57. The molecular formula is C20H21ClN4O3S2. The van der Waals surface area contributed by atoms with E-state index in [2.05, 4.69) is 10.3 Å². The predicted octanol–water partition coefficient (Wildman–Crippen LogP) is 4.18. The summed E-state index contributed by atoms with van der Waals surface area (Å²) in [5.41, 5.74) is 1.85. The minimum absolute atomic E-state index is 0.188. The van der Waals surface area contributed by atoms with Crippen LogP contribution in [-0.2, 0) is 14.8 Å². The van der Waals surface area contributed by atoms with Crippen LogP contribution in [0.2, 0.25) is 5.15 Å². The molecule has 0 saturated carbocycles. The van der Waals surface area contributed by atoms with Crippen LogP contribution in [0.1, 0.15) is 30.5 Å². The fourth-order valence-corrected chi connectivity index (χ4v) is 5.95. The summed E-state index contributed by atoms with van der Waals surface area (Å²) in [6.45, 7) is 2.88. The van der Waals surface area contributed by atoms with Crippen molar-refractivity contribution >= 4 is 55.6 Å². The van der Waals surface area contributed by atoms with E-state index in [1.165, 1.54) is 27.8 Å². The molecule has 1 fully saturated rings. The fourth-order valence-electron chi connectivity index (χ4n) is 3.41. The van der Waals surface area contributed by atoms with Crippen molar-refractivity contribution in [2.24, 2.45) is 0 Å². The number of nitrogens with one attached hydrogen (secondary N) is 1. The van der Waals surface area contributed by atoms with E-state index in [1.807, 2.05) is 18.5 Å². The molecule has 1 N–H and O–H groups in total. The molecule has 1 amide bonds. The highest BCUT2D eigenvalue weighted by Gasteiger charge is 2.26. The zero-order valence-corrected chi connectivity index (χ0v) is 18.7. The predicted molar refractivity (Wildman–Crippen MR) is 120 cm³/mol. The molecule has 30 heavy (non-hydrogen) atoms. The number of anilines is 1. The third-order valence-electron chi connectivity index (χ3n) is 5.07. The zero-order chi connectivity index (χ0) is 21.3. The van der Waals surface area contributed by atoms with Gasteiger partial charge in [-0.15, -0.1) is 11.3 Å². The molecule has 2 aromatic heterocycles. The number of rotatable bonds is 5. The van der Waals surface area contributed by atoms with Gasteiger partial charge in [0.15, 0.2) is 10.1 Å². The number of amides is 1. The van der Waals surface area contributed by atoms with Crippen molar-refractivity contribution in [1.29, 1.82) is 0 Å². The monoisotopic (exact) mass is 464 g/mol. The normalized spacial score (nSPS) is 15.8. The van der Waals surface area contributed by atoms with Gasteiger partial charge in [-0.05, 0) is 43.5 Å². The molecule has 7 nitrogen and oxygen atoms in total. The molecule has 4 rings (SSSR count). The van der Waals surface area contributed by atoms with Gasteiger partial charge in [0.2, 0.25) is 15.9 Å². The number of carbonyl (C=O) groups is 1. The molecule has 0 aliphatic carbocycles. The average Bonchev–Trinajstić information content (AvgIpc) is 3.29. The molecule has 0 atom stereocenters. The van der Waals surface area contributed by atoms with Gasteiger partial charge in [0.1, 0.15) is 0 Å². The molecule has 1 aliphatic rings. The quantitative estimate of drug-likeness (QED) is 0.574. The molecule has 0 spiro atoms. The Morgan fingerprint density at radius 2 is 2.03 bits per heavy atom. The first-order chi connectivity index (χ1) is 14.4. The zero-order valence-electron chi connectivity index (χ0n) is 16.3. The van der Waals surface area contributed by atoms with Gasteiger partial charge in [0, 0.05) is 36.4 Å². The Hall–Kier alpha value is -2.20. The maximum absolute atomic E-state index is 12.9. The number of hydrogen-bond donors (Lipinski definition) is 1. The number of nitrogens with zero attached hydrogens (tertiary/aromatic N) is 3. The number of aromatic nitrogens is 2. The summed E-state index contributed by atoms with van der Waals surface area (Å²) in [7, 11) is -3.57. The van der Waals surface area contributed by atoms with Gasteiger partial charge in [-0.1, -0.05) is 24.1 Å². The Labute approximate surface area is 184 Å². The van der Waals surface area contributed by atoms with Crippen LogP contribution in [0.15, 0.2) is 40.7 Å². The molecule has 3 aromatic rings. The largest absolute Gasteiger partial charge is 0.322 e. The number of imidazole rings is 1. The third kappa shape index (κ3) is 4.15. The lowest BCUT2D eigenvalue weighted by molar-refractivity contribution is -0.111. The lowest BCUT2D eigenvalue weighted by atomic mass is 10.2. The van der Waals surface area contributed by atoms with Crippen LogP contribution in [0.4, 0.5) is 5.69 Å². The highest BCUT2D eigenvalue weighted by Crippen LogP contribution is 2.26. The molecular weight excluding hydrogens is 444 g/mol. The lowest BCUT2D eigenvalue weighted by Crippen LogP contribution is -2.35. The van der Waals surface area contributed by atoms with Crippen LogP contribution in [0.5, 0.6) is 0 Å². The second kappa shape index (κ2) is 8.50. The second-order valence-electron chi connectivity index (χ2n) is 7.11. The average molecular weight is 465 g/mol. The number of piperidine rings is 1. The first kappa shape index (κ1) is 21.0. The number of thiazole rings is 1. The maximum Gasteiger partial charge on any atom is 0.248 e. The summed E-state index contributed by atoms with van der Waals surface area (Å²) in [4.78, 5) is 17.6. The van der Waals surface area contributed by atoms with Crippen molar-refractivity contribution in [2.45, 2.75) is 31.1 Å². The van der Waals surface area contributed by atoms with Crippen LogP contribution in [0.3, 0.4) is 0 Å². The van der Waals surface area contributed by atoms with Crippen LogP contribution in [0, 0.1) is 6.92 Å². The Morgan fingerprint density at radius 3 is 2.80 bits per heavy atom. The van der Waals surface area contributed by atoms with E-state index in [0.29, 0.717) is 29.6 Å². The van der Waals surface area contributed by atoms with E-state index in [0.717, 1.165) is 29.8 Å². The van der Waals surface area contributed by atoms with Gasteiger partial charge in [0.05, 0.1) is 10.6 Å². The molecule has 1 saturated heterocycles. The van der Waals surface area contributed by atoms with Crippen molar-refractivity contribution in [2.75, 3.05) is 18.4 Å². The Morgan fingerprint density at radius 1 is 1.27 bits per heavy atom. The maximum atomic E-state index is 12.9. The number of carbonyl (C=O) groups excluding carboxylic acids is 1. The van der Waals surface area contributed by atoms with Gasteiger partial charge in [-0.25, -0.2) is 13.4 Å². The van der Waals surface area contributed by atoms with Gasteiger partial charge in [-0.2, -0.15) is 4.31 Å². The van der Waals surface area contributed by atoms with Crippen LogP contribution in [0.25, 0.3) is 11.0 Å². The van der Waals surface area contributed by atoms with Crippen LogP contribution >= 0.6 is 22.9 Å². The number of hydrogen-bond acceptors (Lipinski definition) is 5. The fraction of sp³-hybridized carbons (Fsp3) is 0.300. The summed E-state index contributed by atoms with van der Waals surface area (Å²) in [6.07, 6.45) is 7.57. The van der Waals surface area contributed by atoms with E-state index in [4.69, 9.17) is 11.6 Å². The van der Waals surface area contributed by atoms with Crippen LogP contribution in [-0.4, -0.2) is 41.1 Å². The van der Waals surface area contributed by atoms with Crippen molar-refractivity contribution in [3.8, 4) is 0 Å². The highest BCUT2D eigenvalue weighted by atomic mass is 35.5. The highest BCUT2D eigenvalue weighted by molar-refractivity contribution is 7.89. The molecule has 0 unspecified atom stereocenters. The van der Waals surface area contributed by atoms with E-state index >= 15 is 0 Å². The number of fused-ring (bicyclic) bond motifs is 1. The number of sulfonamides is 1. The molecule has 1 aromatic carbocycles. The Bertz CT molecular complexity index is 1220. The van der Waals surface area contributed by atoms with Gasteiger partial charge < -0.3 is 5.32 Å². The second-order valence-corrected chi connectivity index (χ2v) is 10.3. The van der Waals surface area contributed by atoms with Crippen molar-refractivity contribution in [3.05, 3.63) is 52.3 Å². The van der Waals surface area contributed by atoms with E-state index in [9.17, 15) is 13.2 Å². The molecule has 0 bridgehead atoms. The van der Waals surface area contributed by atoms with E-state index in [1.54, 1.807) is 22.6 Å². The SMILES string of the molecule is Cc1ccc(S(=O)(=O)N2CCCCC2)cc1NC(=O)C=Cc1c(Cl)nc2sccn12. The lowest BCUT2D eigenvalue weighted by Gasteiger charge is -2.26. The minimum atomic E-state index is -3.57. The van der Waals surface area contributed by atoms with Crippen LogP contribution < -0.4 is 5.32 Å². The number of halogens is 1. The summed E-state index contributed by atoms with van der Waals surface area (Å²) >= 11 is 7.59. The Balaban J connectivity index is 1.54. The van der Waals surface area contributed by atoms with Gasteiger partial charge in [0.25, 0.3) is 0 Å². The molecule has 0 radical (unpaired) electrons. The minimum Gasteiger partial charge on any atom is -0.322 e. The standard InChI is InChI=1S/C20H21ClN4O3S2/c1-14-5-6-15(30(27,28)24-9-3-2-4-10-24)13-16(14)22-18(26)8-7-17-19(21)23-20-25(17)11-12-29-20/h5-8,11-13H,2-4,9-10H2,1H3,(H,22,26). The van der Waals surface area contributed by atoms with E-state index < -0.39 is 10.0 Å². The van der Waals surface area contributed by atoms with Gasteiger partial charge >= 0.3 is 0 Å². The summed E-state index contributed by atoms with van der Waals surface area (Å²) in [5.74, 6) is -0.383. The molecule has 158 valence electrons. The third-order valence-corrected chi connectivity index (χ3v) is 8.00. The van der Waals surface area contributed by atoms with Gasteiger partial charge in [-0.3, -0.25) is 9.20 Å². The van der Waals surface area contributed by atoms with Crippen molar-refractivity contribution in [1.82, 2.24) is 13.7 Å². The number of aryl methyl sites for hydroxylation is 1. The smallest absolute Gasteiger partial charge is 0.248 e. The first-order valence-corrected chi connectivity index (χ1v) is 12.3. The molecule has 10 heteroatoms. The van der Waals surface area contributed by atoms with Crippen molar-refractivity contribution < 1.29 is 13.2 Å². The topological polar surface area (TPSA) is 83.8 Å². The molecule has 3 heterocycles. The number of benzene rings is 1. The summed E-state index contributed by atoms with van der Waals surface area (Å²) < 4.78 is 29.2. The van der Waals surface area contributed by atoms with E-state index in [-0.39, 0.29) is 10.8 Å². The Kier molecular flexibility index (Phi) is 5.97. The summed E-state index contributed by atoms with van der Waals surface area (Å²) in [5, 5.41) is 4.97.